The van der Waals surface area contributed by atoms with Gasteiger partial charge >= 0.3 is 0 Å². The van der Waals surface area contributed by atoms with E-state index in [1.165, 1.54) is 10.5 Å². The lowest BCUT2D eigenvalue weighted by Gasteiger charge is -2.31. The Balaban J connectivity index is 2.02. The monoisotopic (exact) mass is 266 g/mol. The summed E-state index contributed by atoms with van der Waals surface area (Å²) in [5.41, 5.74) is 6.57. The zero-order valence-corrected chi connectivity index (χ0v) is 11.3. The molecule has 1 aromatic rings. The van der Waals surface area contributed by atoms with Gasteiger partial charge in [0.1, 0.15) is 6.10 Å². The van der Waals surface area contributed by atoms with Gasteiger partial charge in [-0.1, -0.05) is 18.2 Å². The van der Waals surface area contributed by atoms with Gasteiger partial charge in [-0.25, -0.2) is 0 Å². The van der Waals surface area contributed by atoms with Gasteiger partial charge in [0.2, 0.25) is 5.91 Å². The summed E-state index contributed by atoms with van der Waals surface area (Å²) in [4.78, 5) is 14.6. The molecule has 2 rings (SSSR count). The molecular formula is C13H18N2O2S. The highest BCUT2D eigenvalue weighted by Crippen LogP contribution is 2.22. The van der Waals surface area contributed by atoms with E-state index in [1.807, 2.05) is 12.1 Å². The van der Waals surface area contributed by atoms with Crippen molar-refractivity contribution >= 4 is 17.7 Å². The summed E-state index contributed by atoms with van der Waals surface area (Å²) in [6.45, 7) is 2.82. The SMILES string of the molecule is CSc1ccccc1CN1CCO[C@H](C(N)=O)C1. The Bertz CT molecular complexity index is 425. The van der Waals surface area contributed by atoms with Crippen LogP contribution in [0.5, 0.6) is 0 Å². The highest BCUT2D eigenvalue weighted by Gasteiger charge is 2.24. The number of thioether (sulfide) groups is 1. The minimum Gasteiger partial charge on any atom is -0.367 e. The van der Waals surface area contributed by atoms with Crippen molar-refractivity contribution < 1.29 is 9.53 Å². The molecule has 0 unspecified atom stereocenters. The number of ether oxygens (including phenoxy) is 1. The van der Waals surface area contributed by atoms with E-state index in [9.17, 15) is 4.79 Å². The number of carbonyl (C=O) groups excluding carboxylic acids is 1. The number of morpholine rings is 1. The van der Waals surface area contributed by atoms with Crippen LogP contribution in [0.25, 0.3) is 0 Å². The third-order valence-corrected chi connectivity index (χ3v) is 3.89. The number of nitrogens with zero attached hydrogens (tertiary/aromatic N) is 1. The first-order valence-electron chi connectivity index (χ1n) is 5.96. The van der Waals surface area contributed by atoms with Crippen LogP contribution >= 0.6 is 11.8 Å². The zero-order chi connectivity index (χ0) is 13.0. The molecule has 5 heteroatoms. The molecule has 0 aromatic heterocycles. The lowest BCUT2D eigenvalue weighted by atomic mass is 10.2. The van der Waals surface area contributed by atoms with Gasteiger partial charge in [0.15, 0.2) is 0 Å². The third-order valence-electron chi connectivity index (χ3n) is 3.05. The van der Waals surface area contributed by atoms with Crippen molar-refractivity contribution in [1.29, 1.82) is 0 Å². The normalized spacial score (nSPS) is 20.8. The van der Waals surface area contributed by atoms with Crippen molar-refractivity contribution in [2.24, 2.45) is 5.73 Å². The van der Waals surface area contributed by atoms with E-state index in [0.717, 1.165) is 13.1 Å². The zero-order valence-electron chi connectivity index (χ0n) is 10.5. The second-order valence-corrected chi connectivity index (χ2v) is 5.16. The maximum absolute atomic E-state index is 11.1. The number of nitrogens with two attached hydrogens (primary N) is 1. The molecule has 1 atom stereocenters. The second-order valence-electron chi connectivity index (χ2n) is 4.31. The quantitative estimate of drug-likeness (QED) is 0.829. The molecular weight excluding hydrogens is 248 g/mol. The molecule has 1 aliphatic rings. The van der Waals surface area contributed by atoms with Gasteiger partial charge in [0.05, 0.1) is 6.61 Å². The molecule has 1 saturated heterocycles. The maximum atomic E-state index is 11.1. The molecule has 4 nitrogen and oxygen atoms in total. The molecule has 0 bridgehead atoms. The van der Waals surface area contributed by atoms with E-state index in [-0.39, 0.29) is 5.91 Å². The molecule has 0 saturated carbocycles. The van der Waals surface area contributed by atoms with Crippen LogP contribution in [0.3, 0.4) is 0 Å². The van der Waals surface area contributed by atoms with E-state index in [4.69, 9.17) is 10.5 Å². The first-order valence-corrected chi connectivity index (χ1v) is 7.18. The number of primary amides is 1. The predicted molar refractivity (Wildman–Crippen MR) is 72.4 cm³/mol. The fourth-order valence-corrected chi connectivity index (χ4v) is 2.70. The number of benzene rings is 1. The van der Waals surface area contributed by atoms with Crippen LogP contribution in [-0.4, -0.2) is 42.9 Å². The summed E-state index contributed by atoms with van der Waals surface area (Å²) in [5.74, 6) is -0.377. The van der Waals surface area contributed by atoms with Gasteiger partial charge in [0, 0.05) is 24.5 Å². The van der Waals surface area contributed by atoms with Crippen LogP contribution in [0.2, 0.25) is 0 Å². The first kappa shape index (κ1) is 13.4. The number of carbonyl (C=O) groups is 1. The van der Waals surface area contributed by atoms with Crippen molar-refractivity contribution in [2.45, 2.75) is 17.5 Å². The van der Waals surface area contributed by atoms with Gasteiger partial charge in [-0.3, -0.25) is 9.69 Å². The first-order chi connectivity index (χ1) is 8.70. The van der Waals surface area contributed by atoms with Crippen LogP contribution in [-0.2, 0) is 16.1 Å². The van der Waals surface area contributed by atoms with Crippen LogP contribution in [0, 0.1) is 0 Å². The fraction of sp³-hybridized carbons (Fsp3) is 0.462. The van der Waals surface area contributed by atoms with Crippen LogP contribution < -0.4 is 5.73 Å². The van der Waals surface area contributed by atoms with Gasteiger partial charge in [-0.2, -0.15) is 0 Å². The lowest BCUT2D eigenvalue weighted by molar-refractivity contribution is -0.135. The molecule has 2 N–H and O–H groups in total. The van der Waals surface area contributed by atoms with E-state index < -0.39 is 6.10 Å². The molecule has 0 spiro atoms. The van der Waals surface area contributed by atoms with Crippen LogP contribution in [0.1, 0.15) is 5.56 Å². The molecule has 1 aromatic carbocycles. The van der Waals surface area contributed by atoms with Gasteiger partial charge in [0.25, 0.3) is 0 Å². The largest absolute Gasteiger partial charge is 0.367 e. The Hall–Kier alpha value is -1.04. The lowest BCUT2D eigenvalue weighted by Crippen LogP contribution is -2.47. The standard InChI is InChI=1S/C13H18N2O2S/c1-18-12-5-3-2-4-10(12)8-15-6-7-17-11(9-15)13(14)16/h2-5,11H,6-9H2,1H3,(H2,14,16)/t11-/m0/s1. The van der Waals surface area contributed by atoms with Crippen molar-refractivity contribution in [2.75, 3.05) is 26.0 Å². The van der Waals surface area contributed by atoms with Crippen LogP contribution in [0.4, 0.5) is 0 Å². The molecule has 1 aliphatic heterocycles. The summed E-state index contributed by atoms with van der Waals surface area (Å²) >= 11 is 1.74. The molecule has 1 heterocycles. The number of hydrogen-bond acceptors (Lipinski definition) is 4. The maximum Gasteiger partial charge on any atom is 0.247 e. The van der Waals surface area contributed by atoms with Crippen molar-refractivity contribution in [3.63, 3.8) is 0 Å². The Morgan fingerprint density at radius 1 is 1.56 bits per heavy atom. The van der Waals surface area contributed by atoms with Gasteiger partial charge < -0.3 is 10.5 Å². The summed E-state index contributed by atoms with van der Waals surface area (Å²) < 4.78 is 5.34. The van der Waals surface area contributed by atoms with Crippen LogP contribution in [0.15, 0.2) is 29.2 Å². The van der Waals surface area contributed by atoms with E-state index in [1.54, 1.807) is 11.8 Å². The molecule has 18 heavy (non-hydrogen) atoms. The number of amides is 1. The van der Waals surface area contributed by atoms with Gasteiger partial charge in [-0.15, -0.1) is 11.8 Å². The highest BCUT2D eigenvalue weighted by molar-refractivity contribution is 7.98. The summed E-state index contributed by atoms with van der Waals surface area (Å²) in [7, 11) is 0. The third kappa shape index (κ3) is 3.25. The van der Waals surface area contributed by atoms with Crippen molar-refractivity contribution in [3.8, 4) is 0 Å². The van der Waals surface area contributed by atoms with Crippen molar-refractivity contribution in [3.05, 3.63) is 29.8 Å². The summed E-state index contributed by atoms with van der Waals surface area (Å²) in [5, 5.41) is 0. The minimum absolute atomic E-state index is 0.377. The fourth-order valence-electron chi connectivity index (χ4n) is 2.09. The average Bonchev–Trinajstić information content (AvgIpc) is 2.39. The van der Waals surface area contributed by atoms with Crippen molar-refractivity contribution in [1.82, 2.24) is 4.90 Å². The Morgan fingerprint density at radius 3 is 3.06 bits per heavy atom. The minimum atomic E-state index is -0.472. The summed E-state index contributed by atoms with van der Waals surface area (Å²) in [6.07, 6.45) is 1.60. The Labute approximate surface area is 111 Å². The Kier molecular flexibility index (Phi) is 4.63. The molecule has 1 amide bonds. The Morgan fingerprint density at radius 2 is 2.33 bits per heavy atom. The molecule has 1 fully saturated rings. The average molecular weight is 266 g/mol. The smallest absolute Gasteiger partial charge is 0.247 e. The number of rotatable bonds is 4. The highest BCUT2D eigenvalue weighted by atomic mass is 32.2. The molecule has 98 valence electrons. The van der Waals surface area contributed by atoms with E-state index in [2.05, 4.69) is 23.3 Å². The van der Waals surface area contributed by atoms with E-state index >= 15 is 0 Å². The second kappa shape index (κ2) is 6.22. The molecule has 0 radical (unpaired) electrons. The van der Waals surface area contributed by atoms with E-state index in [0.29, 0.717) is 13.2 Å². The predicted octanol–water partition coefficient (Wildman–Crippen LogP) is 1.09. The topological polar surface area (TPSA) is 55.6 Å². The molecule has 0 aliphatic carbocycles. The summed E-state index contributed by atoms with van der Waals surface area (Å²) in [6, 6.07) is 8.33. The van der Waals surface area contributed by atoms with Gasteiger partial charge in [-0.05, 0) is 17.9 Å². The number of hydrogen-bond donors (Lipinski definition) is 1.